The Kier molecular flexibility index (Phi) is 4.25. The number of ether oxygens (including phenoxy) is 1. The van der Waals surface area contributed by atoms with Gasteiger partial charge in [-0.2, -0.15) is 0 Å². The van der Waals surface area contributed by atoms with Crippen molar-refractivity contribution in [2.75, 3.05) is 19.7 Å². The Morgan fingerprint density at radius 1 is 1.40 bits per heavy atom. The molecule has 6 nitrogen and oxygen atoms in total. The average molecular weight is 294 g/mol. The van der Waals surface area contributed by atoms with Gasteiger partial charge in [0.1, 0.15) is 0 Å². The molecule has 1 aliphatic rings. The van der Waals surface area contributed by atoms with Crippen LogP contribution in [0.1, 0.15) is 5.56 Å². The van der Waals surface area contributed by atoms with E-state index in [0.29, 0.717) is 5.02 Å². The van der Waals surface area contributed by atoms with Crippen LogP contribution in [0.15, 0.2) is 30.9 Å². The highest BCUT2D eigenvalue weighted by molar-refractivity contribution is 6.30. The molecule has 0 spiro atoms. The predicted octanol–water partition coefficient (Wildman–Crippen LogP) is 1.23. The molecule has 106 valence electrons. The number of hydrogen-bond acceptors (Lipinski definition) is 5. The minimum atomic E-state index is 0.137. The van der Waals surface area contributed by atoms with Gasteiger partial charge in [0.15, 0.2) is 0 Å². The molecule has 0 aliphatic carbocycles. The Morgan fingerprint density at radius 3 is 3.15 bits per heavy atom. The van der Waals surface area contributed by atoms with Crippen LogP contribution in [-0.4, -0.2) is 50.7 Å². The zero-order valence-electron chi connectivity index (χ0n) is 11.0. The molecule has 1 atom stereocenters. The fourth-order valence-electron chi connectivity index (χ4n) is 2.37. The lowest BCUT2D eigenvalue weighted by molar-refractivity contribution is -0.0404. The molecule has 3 rings (SSSR count). The molecule has 2 aromatic rings. The first-order valence-electron chi connectivity index (χ1n) is 6.57. The van der Waals surface area contributed by atoms with Gasteiger partial charge in [-0.05, 0) is 11.6 Å². The van der Waals surface area contributed by atoms with Crippen LogP contribution in [0.25, 0.3) is 0 Å². The van der Waals surface area contributed by atoms with Crippen LogP contribution in [0.3, 0.4) is 0 Å². The molecule has 0 N–H and O–H groups in total. The van der Waals surface area contributed by atoms with E-state index < -0.39 is 0 Å². The fourth-order valence-corrected chi connectivity index (χ4v) is 2.57. The van der Waals surface area contributed by atoms with Crippen LogP contribution in [0.5, 0.6) is 0 Å². The summed E-state index contributed by atoms with van der Waals surface area (Å²) in [5, 5.41) is 8.45. The monoisotopic (exact) mass is 293 g/mol. The molecule has 0 bridgehead atoms. The molecule has 7 heteroatoms. The van der Waals surface area contributed by atoms with Crippen molar-refractivity contribution in [1.82, 2.24) is 24.9 Å². The van der Waals surface area contributed by atoms with Crippen LogP contribution in [0.2, 0.25) is 5.02 Å². The van der Waals surface area contributed by atoms with Crippen LogP contribution in [-0.2, 0) is 17.8 Å². The van der Waals surface area contributed by atoms with E-state index >= 15 is 0 Å². The highest BCUT2D eigenvalue weighted by Crippen LogP contribution is 2.14. The van der Waals surface area contributed by atoms with Gasteiger partial charge in [-0.1, -0.05) is 16.8 Å². The molecule has 0 amide bonds. The van der Waals surface area contributed by atoms with E-state index in [9.17, 15) is 0 Å². The van der Waals surface area contributed by atoms with Gasteiger partial charge in [0, 0.05) is 38.2 Å². The van der Waals surface area contributed by atoms with Crippen molar-refractivity contribution in [2.24, 2.45) is 0 Å². The summed E-state index contributed by atoms with van der Waals surface area (Å²) in [5.41, 5.74) is 1.12. The zero-order valence-corrected chi connectivity index (χ0v) is 11.8. The smallest absolute Gasteiger partial charge is 0.0898 e. The Hall–Kier alpha value is -1.50. The number of halogens is 1. The highest BCUT2D eigenvalue weighted by Gasteiger charge is 2.21. The molecule has 1 unspecified atom stereocenters. The first-order chi connectivity index (χ1) is 9.79. The molecule has 20 heavy (non-hydrogen) atoms. The maximum Gasteiger partial charge on any atom is 0.0898 e. The first-order valence-corrected chi connectivity index (χ1v) is 6.95. The second-order valence-corrected chi connectivity index (χ2v) is 5.30. The maximum absolute atomic E-state index is 5.96. The van der Waals surface area contributed by atoms with Gasteiger partial charge in [-0.3, -0.25) is 9.88 Å². The Morgan fingerprint density at radius 2 is 2.35 bits per heavy atom. The molecule has 0 aromatic carbocycles. The van der Waals surface area contributed by atoms with E-state index in [0.717, 1.165) is 38.3 Å². The third-order valence-corrected chi connectivity index (χ3v) is 3.46. The Balaban J connectivity index is 1.57. The van der Waals surface area contributed by atoms with Crippen molar-refractivity contribution in [1.29, 1.82) is 0 Å². The van der Waals surface area contributed by atoms with Crippen molar-refractivity contribution in [2.45, 2.75) is 19.2 Å². The van der Waals surface area contributed by atoms with Gasteiger partial charge in [-0.25, -0.2) is 4.68 Å². The van der Waals surface area contributed by atoms with E-state index in [1.807, 2.05) is 18.5 Å². The number of hydrogen-bond donors (Lipinski definition) is 0. The molecule has 2 aromatic heterocycles. The summed E-state index contributed by atoms with van der Waals surface area (Å²) in [7, 11) is 0. The molecule has 1 fully saturated rings. The second kappa shape index (κ2) is 6.30. The fraction of sp³-hybridized carbons (Fsp3) is 0.462. The SMILES string of the molecule is Clc1cncc(CN2CCOC(Cn3ccnn3)C2)c1. The Labute approximate surface area is 122 Å². The maximum atomic E-state index is 5.96. The van der Waals surface area contributed by atoms with Crippen LogP contribution < -0.4 is 0 Å². The van der Waals surface area contributed by atoms with Crippen LogP contribution in [0, 0.1) is 0 Å². The largest absolute Gasteiger partial charge is 0.374 e. The highest BCUT2D eigenvalue weighted by atomic mass is 35.5. The van der Waals surface area contributed by atoms with Crippen LogP contribution >= 0.6 is 11.6 Å². The van der Waals surface area contributed by atoms with E-state index in [-0.39, 0.29) is 6.10 Å². The van der Waals surface area contributed by atoms with Crippen molar-refractivity contribution < 1.29 is 4.74 Å². The third kappa shape index (κ3) is 3.53. The molecular weight excluding hydrogens is 278 g/mol. The van der Waals surface area contributed by atoms with Crippen molar-refractivity contribution >= 4 is 11.6 Å². The van der Waals surface area contributed by atoms with Gasteiger partial charge < -0.3 is 4.74 Å². The van der Waals surface area contributed by atoms with Crippen LogP contribution in [0.4, 0.5) is 0 Å². The molecule has 1 aliphatic heterocycles. The third-order valence-electron chi connectivity index (χ3n) is 3.25. The lowest BCUT2D eigenvalue weighted by atomic mass is 10.2. The summed E-state index contributed by atoms with van der Waals surface area (Å²) >= 11 is 5.96. The summed E-state index contributed by atoms with van der Waals surface area (Å²) in [5.74, 6) is 0. The number of morpholine rings is 1. The lowest BCUT2D eigenvalue weighted by Gasteiger charge is -2.32. The number of rotatable bonds is 4. The van der Waals surface area contributed by atoms with Crippen molar-refractivity contribution in [3.05, 3.63) is 41.4 Å². The average Bonchev–Trinajstić information content (AvgIpc) is 2.92. The van der Waals surface area contributed by atoms with Crippen molar-refractivity contribution in [3.8, 4) is 0 Å². The van der Waals surface area contributed by atoms with Gasteiger partial charge in [-0.15, -0.1) is 5.10 Å². The Bertz CT molecular complexity index is 547. The molecule has 1 saturated heterocycles. The molecule has 3 heterocycles. The second-order valence-electron chi connectivity index (χ2n) is 4.86. The van der Waals surface area contributed by atoms with Crippen molar-refractivity contribution in [3.63, 3.8) is 0 Å². The predicted molar refractivity (Wildman–Crippen MR) is 74.3 cm³/mol. The topological polar surface area (TPSA) is 56.1 Å². The number of pyridine rings is 1. The molecular formula is C13H16ClN5O. The summed E-state index contributed by atoms with van der Waals surface area (Å²) in [4.78, 5) is 6.46. The zero-order chi connectivity index (χ0) is 13.8. The van der Waals surface area contributed by atoms with Gasteiger partial charge >= 0.3 is 0 Å². The van der Waals surface area contributed by atoms with Gasteiger partial charge in [0.05, 0.1) is 30.5 Å². The summed E-state index contributed by atoms with van der Waals surface area (Å²) in [6, 6.07) is 1.95. The summed E-state index contributed by atoms with van der Waals surface area (Å²) in [6.07, 6.45) is 7.17. The van der Waals surface area contributed by atoms with E-state index in [1.165, 1.54) is 0 Å². The minimum absolute atomic E-state index is 0.137. The summed E-state index contributed by atoms with van der Waals surface area (Å²) in [6.45, 7) is 4.08. The van der Waals surface area contributed by atoms with E-state index in [4.69, 9.17) is 16.3 Å². The normalized spacial score (nSPS) is 20.1. The van der Waals surface area contributed by atoms with E-state index in [2.05, 4.69) is 20.2 Å². The summed E-state index contributed by atoms with van der Waals surface area (Å²) < 4.78 is 7.57. The minimum Gasteiger partial charge on any atom is -0.374 e. The molecule has 0 saturated carbocycles. The van der Waals surface area contributed by atoms with Gasteiger partial charge in [0.25, 0.3) is 0 Å². The number of aromatic nitrogens is 4. The first kappa shape index (κ1) is 13.5. The number of nitrogens with zero attached hydrogens (tertiary/aromatic N) is 5. The van der Waals surface area contributed by atoms with Gasteiger partial charge in [0.2, 0.25) is 0 Å². The standard InChI is InChI=1S/C13H16ClN5O/c14-12-5-11(6-15-7-12)8-18-3-4-20-13(9-18)10-19-2-1-16-17-19/h1-2,5-7,13H,3-4,8-10H2. The molecule has 0 radical (unpaired) electrons. The quantitative estimate of drug-likeness (QED) is 0.848. The van der Waals surface area contributed by atoms with E-state index in [1.54, 1.807) is 17.1 Å². The lowest BCUT2D eigenvalue weighted by Crippen LogP contribution is -2.43.